The Bertz CT molecular complexity index is 356. The van der Waals surface area contributed by atoms with Crippen LogP contribution in [0.25, 0.3) is 0 Å². The van der Waals surface area contributed by atoms with E-state index in [9.17, 15) is 4.79 Å². The van der Waals surface area contributed by atoms with Crippen molar-refractivity contribution in [3.8, 4) is 5.19 Å². The molecule has 6 nitrogen and oxygen atoms in total. The number of hydrogen-bond acceptors (Lipinski definition) is 7. The Morgan fingerprint density at radius 3 is 2.76 bits per heavy atom. The third-order valence-electron chi connectivity index (χ3n) is 1.72. The van der Waals surface area contributed by atoms with Crippen molar-refractivity contribution in [2.45, 2.75) is 26.9 Å². The second kappa shape index (κ2) is 7.18. The second-order valence-corrected chi connectivity index (χ2v) is 4.12. The van der Waals surface area contributed by atoms with Crippen LogP contribution in [0.3, 0.4) is 0 Å². The van der Waals surface area contributed by atoms with Gasteiger partial charge in [-0.3, -0.25) is 0 Å². The van der Waals surface area contributed by atoms with Gasteiger partial charge in [0.25, 0.3) is 5.19 Å². The van der Waals surface area contributed by atoms with Crippen molar-refractivity contribution in [3.63, 3.8) is 0 Å². The Morgan fingerprint density at radius 1 is 1.35 bits per heavy atom. The van der Waals surface area contributed by atoms with E-state index in [-0.39, 0.29) is 11.1 Å². The van der Waals surface area contributed by atoms with Crippen LogP contribution >= 0.6 is 11.3 Å². The van der Waals surface area contributed by atoms with Crippen LogP contribution in [-0.4, -0.2) is 42.1 Å². The largest absolute Gasteiger partial charge is 0.463 e. The molecule has 17 heavy (non-hydrogen) atoms. The highest BCUT2D eigenvalue weighted by atomic mass is 32.1. The lowest BCUT2D eigenvalue weighted by Crippen LogP contribution is -2.18. The van der Waals surface area contributed by atoms with Crippen molar-refractivity contribution < 1.29 is 19.0 Å². The van der Waals surface area contributed by atoms with E-state index in [4.69, 9.17) is 14.2 Å². The molecule has 0 radical (unpaired) electrons. The minimum absolute atomic E-state index is 0.127. The van der Waals surface area contributed by atoms with Crippen LogP contribution < -0.4 is 4.74 Å². The lowest BCUT2D eigenvalue weighted by Gasteiger charge is -2.10. The summed E-state index contributed by atoms with van der Waals surface area (Å²) >= 11 is 1.07. The molecule has 1 unspecified atom stereocenters. The third-order valence-corrected chi connectivity index (χ3v) is 2.51. The van der Waals surface area contributed by atoms with Gasteiger partial charge in [0.05, 0.1) is 13.2 Å². The fraction of sp³-hybridized carbons (Fsp3) is 0.700. The summed E-state index contributed by atoms with van der Waals surface area (Å²) in [6.07, 6.45) is -0.127. The number of ether oxygens (including phenoxy) is 3. The van der Waals surface area contributed by atoms with Gasteiger partial charge in [-0.05, 0) is 32.1 Å². The Hall–Kier alpha value is -1.21. The molecule has 1 rings (SSSR count). The molecule has 1 aromatic rings. The van der Waals surface area contributed by atoms with Crippen molar-refractivity contribution >= 4 is 17.3 Å². The summed E-state index contributed by atoms with van der Waals surface area (Å²) in [6, 6.07) is 0. The molecule has 0 fully saturated rings. The molecule has 1 aromatic heterocycles. The molecule has 0 saturated carbocycles. The molecule has 0 aliphatic rings. The molecule has 0 aromatic carbocycles. The number of aromatic nitrogens is 2. The topological polar surface area (TPSA) is 70.5 Å². The van der Waals surface area contributed by atoms with Gasteiger partial charge in [0.1, 0.15) is 6.10 Å². The first kappa shape index (κ1) is 13.9. The van der Waals surface area contributed by atoms with Crippen LogP contribution in [0.15, 0.2) is 0 Å². The SMILES string of the molecule is CCOCC(C)Oc1nnc(C(=O)OCC)s1. The van der Waals surface area contributed by atoms with Gasteiger partial charge >= 0.3 is 5.97 Å². The van der Waals surface area contributed by atoms with Crippen LogP contribution in [0.2, 0.25) is 0 Å². The normalized spacial score (nSPS) is 12.2. The number of carbonyl (C=O) groups is 1. The molecule has 0 N–H and O–H groups in total. The molecule has 1 heterocycles. The second-order valence-electron chi connectivity index (χ2n) is 3.18. The minimum Gasteiger partial charge on any atom is -0.463 e. The van der Waals surface area contributed by atoms with E-state index < -0.39 is 5.97 Å². The molecule has 0 bridgehead atoms. The number of hydrogen-bond donors (Lipinski definition) is 0. The van der Waals surface area contributed by atoms with E-state index >= 15 is 0 Å². The van der Waals surface area contributed by atoms with Crippen molar-refractivity contribution in [2.24, 2.45) is 0 Å². The smallest absolute Gasteiger partial charge is 0.369 e. The molecule has 1 atom stereocenters. The van der Waals surface area contributed by atoms with Gasteiger partial charge in [-0.15, -0.1) is 5.10 Å². The lowest BCUT2D eigenvalue weighted by molar-refractivity contribution is 0.0525. The summed E-state index contributed by atoms with van der Waals surface area (Å²) in [7, 11) is 0. The van der Waals surface area contributed by atoms with Gasteiger partial charge in [0.15, 0.2) is 0 Å². The number of carbonyl (C=O) groups excluding carboxylic acids is 1. The number of rotatable bonds is 7. The van der Waals surface area contributed by atoms with Crippen molar-refractivity contribution in [1.29, 1.82) is 0 Å². The van der Waals surface area contributed by atoms with Gasteiger partial charge in [0, 0.05) is 6.61 Å². The van der Waals surface area contributed by atoms with Crippen molar-refractivity contribution in [1.82, 2.24) is 10.2 Å². The summed E-state index contributed by atoms with van der Waals surface area (Å²) in [4.78, 5) is 11.3. The van der Waals surface area contributed by atoms with Gasteiger partial charge in [-0.1, -0.05) is 5.10 Å². The zero-order valence-corrected chi connectivity index (χ0v) is 11.0. The molecule has 0 aliphatic heterocycles. The van der Waals surface area contributed by atoms with E-state index in [1.54, 1.807) is 6.92 Å². The highest BCUT2D eigenvalue weighted by Crippen LogP contribution is 2.19. The maximum Gasteiger partial charge on any atom is 0.369 e. The molecule has 0 spiro atoms. The Kier molecular flexibility index (Phi) is 5.85. The average Bonchev–Trinajstić information content (AvgIpc) is 2.75. The Balaban J connectivity index is 2.47. The minimum atomic E-state index is -0.475. The molecule has 7 heteroatoms. The average molecular weight is 260 g/mol. The molecule has 96 valence electrons. The molecule has 0 aliphatic carbocycles. The summed E-state index contributed by atoms with van der Waals surface area (Å²) in [5.74, 6) is -0.475. The predicted octanol–water partition coefficient (Wildman–Crippen LogP) is 1.52. The quantitative estimate of drug-likeness (QED) is 0.692. The summed E-state index contributed by atoms with van der Waals surface area (Å²) in [5.41, 5.74) is 0. The van der Waals surface area contributed by atoms with Crippen LogP contribution in [0.4, 0.5) is 0 Å². The zero-order chi connectivity index (χ0) is 12.7. The van der Waals surface area contributed by atoms with E-state index in [1.165, 1.54) is 0 Å². The maximum absolute atomic E-state index is 11.3. The summed E-state index contributed by atoms with van der Waals surface area (Å²) < 4.78 is 15.4. The van der Waals surface area contributed by atoms with Crippen LogP contribution in [0.1, 0.15) is 30.6 Å². The summed E-state index contributed by atoms with van der Waals surface area (Å²) in [5, 5.41) is 8.00. The van der Waals surface area contributed by atoms with E-state index in [1.807, 2.05) is 13.8 Å². The number of esters is 1. The first-order chi connectivity index (χ1) is 8.17. The number of nitrogens with zero attached hydrogens (tertiary/aromatic N) is 2. The fourth-order valence-corrected chi connectivity index (χ4v) is 1.71. The van der Waals surface area contributed by atoms with E-state index in [0.29, 0.717) is 25.0 Å². The van der Waals surface area contributed by atoms with Gasteiger partial charge < -0.3 is 14.2 Å². The zero-order valence-electron chi connectivity index (χ0n) is 10.1. The van der Waals surface area contributed by atoms with E-state index in [2.05, 4.69) is 10.2 Å². The molecular weight excluding hydrogens is 244 g/mol. The molecule has 0 saturated heterocycles. The van der Waals surface area contributed by atoms with Crippen LogP contribution in [0.5, 0.6) is 5.19 Å². The van der Waals surface area contributed by atoms with E-state index in [0.717, 1.165) is 11.3 Å². The molecule has 0 amide bonds. The Morgan fingerprint density at radius 2 is 2.12 bits per heavy atom. The maximum atomic E-state index is 11.3. The summed E-state index contributed by atoms with van der Waals surface area (Å²) in [6.45, 7) is 6.94. The van der Waals surface area contributed by atoms with Crippen molar-refractivity contribution in [2.75, 3.05) is 19.8 Å². The Labute approximate surface area is 104 Å². The molecular formula is C10H16N2O4S. The van der Waals surface area contributed by atoms with Crippen molar-refractivity contribution in [3.05, 3.63) is 5.01 Å². The van der Waals surface area contributed by atoms with Gasteiger partial charge in [-0.2, -0.15) is 0 Å². The lowest BCUT2D eigenvalue weighted by atomic mass is 10.4. The van der Waals surface area contributed by atoms with Gasteiger partial charge in [-0.25, -0.2) is 4.79 Å². The highest BCUT2D eigenvalue weighted by Gasteiger charge is 2.15. The van der Waals surface area contributed by atoms with Gasteiger partial charge in [0.2, 0.25) is 5.01 Å². The third kappa shape index (κ3) is 4.66. The first-order valence-corrected chi connectivity index (χ1v) is 6.24. The first-order valence-electron chi connectivity index (χ1n) is 5.42. The van der Waals surface area contributed by atoms with Crippen LogP contribution in [0, 0.1) is 0 Å². The highest BCUT2D eigenvalue weighted by molar-refractivity contribution is 7.14. The van der Waals surface area contributed by atoms with Crippen LogP contribution in [-0.2, 0) is 9.47 Å². The standard InChI is InChI=1S/C10H16N2O4S/c1-4-14-6-7(3)16-10-12-11-8(17-10)9(13)15-5-2/h7H,4-6H2,1-3H3. The monoisotopic (exact) mass is 260 g/mol. The predicted molar refractivity (Wildman–Crippen MR) is 62.4 cm³/mol. The fourth-order valence-electron chi connectivity index (χ4n) is 1.02.